The fraction of sp³-hybridized carbons (Fsp3) is 0.167. The van der Waals surface area contributed by atoms with Crippen molar-refractivity contribution >= 4 is 26.0 Å². The Hall–Kier alpha value is -1.11. The Morgan fingerprint density at radius 3 is 2.67 bits per heavy atom. The summed E-state index contributed by atoms with van der Waals surface area (Å²) in [6.07, 6.45) is 0. The fourth-order valence-electron chi connectivity index (χ4n) is 1.46. The van der Waals surface area contributed by atoms with Gasteiger partial charge in [0.15, 0.2) is 0 Å². The summed E-state index contributed by atoms with van der Waals surface area (Å²) in [7, 11) is -3.51. The molecule has 1 N–H and O–H groups in total. The minimum Gasteiger partial charge on any atom is -0.465 e. The molecular weight excluding hydrogens is 318 g/mol. The third-order valence-corrected chi connectivity index (χ3v) is 4.23. The number of halogens is 1. The van der Waals surface area contributed by atoms with Gasteiger partial charge in [-0.3, -0.25) is 0 Å². The van der Waals surface area contributed by atoms with Crippen LogP contribution in [0.15, 0.2) is 50.2 Å². The maximum atomic E-state index is 12.0. The first-order valence-electron chi connectivity index (χ1n) is 5.28. The van der Waals surface area contributed by atoms with Gasteiger partial charge in [-0.1, -0.05) is 22.0 Å². The Labute approximate surface area is 114 Å². The number of nitrogens with one attached hydrogen (secondary N) is 1. The molecule has 0 bridgehead atoms. The zero-order chi connectivity index (χ0) is 13.2. The molecule has 4 nitrogen and oxygen atoms in total. The highest BCUT2D eigenvalue weighted by molar-refractivity contribution is 9.10. The van der Waals surface area contributed by atoms with Crippen molar-refractivity contribution in [2.45, 2.75) is 18.4 Å². The van der Waals surface area contributed by atoms with Gasteiger partial charge in [0.05, 0.1) is 11.4 Å². The second kappa shape index (κ2) is 5.26. The van der Waals surface area contributed by atoms with Crippen LogP contribution in [0.25, 0.3) is 0 Å². The number of benzene rings is 1. The molecule has 1 aromatic carbocycles. The Balaban J connectivity index is 2.13. The van der Waals surface area contributed by atoms with Gasteiger partial charge in [-0.05, 0) is 37.3 Å². The van der Waals surface area contributed by atoms with Crippen molar-refractivity contribution in [3.63, 3.8) is 0 Å². The minimum atomic E-state index is -3.51. The molecule has 0 radical (unpaired) electrons. The lowest BCUT2D eigenvalue weighted by molar-refractivity contribution is 0.475. The molecule has 1 heterocycles. The molecule has 0 saturated carbocycles. The van der Waals surface area contributed by atoms with E-state index >= 15 is 0 Å². The van der Waals surface area contributed by atoms with Crippen molar-refractivity contribution in [3.05, 3.63) is 52.4 Å². The molecule has 0 aliphatic heterocycles. The van der Waals surface area contributed by atoms with Gasteiger partial charge >= 0.3 is 0 Å². The van der Waals surface area contributed by atoms with E-state index in [4.69, 9.17) is 4.42 Å². The van der Waals surface area contributed by atoms with Crippen molar-refractivity contribution in [3.8, 4) is 0 Å². The Morgan fingerprint density at radius 2 is 2.06 bits per heavy atom. The molecule has 2 aromatic rings. The lowest BCUT2D eigenvalue weighted by Crippen LogP contribution is -2.22. The molecule has 0 fully saturated rings. The van der Waals surface area contributed by atoms with Crippen molar-refractivity contribution in [1.29, 1.82) is 0 Å². The zero-order valence-electron chi connectivity index (χ0n) is 9.68. The number of rotatable bonds is 4. The third-order valence-electron chi connectivity index (χ3n) is 2.34. The standard InChI is InChI=1S/C12H12BrNO3S/c1-9-5-6-11(17-9)8-14-18(15,16)12-4-2-3-10(13)7-12/h2-7,14H,8H2,1H3. The predicted molar refractivity (Wildman–Crippen MR) is 71.6 cm³/mol. The first-order chi connectivity index (χ1) is 8.47. The highest BCUT2D eigenvalue weighted by Crippen LogP contribution is 2.16. The molecule has 18 heavy (non-hydrogen) atoms. The summed E-state index contributed by atoms with van der Waals surface area (Å²) < 4.78 is 32.5. The Bertz CT molecular complexity index is 649. The number of furan rings is 1. The summed E-state index contributed by atoms with van der Waals surface area (Å²) >= 11 is 3.24. The van der Waals surface area contributed by atoms with Crippen molar-refractivity contribution in [1.82, 2.24) is 4.72 Å². The fourth-order valence-corrected chi connectivity index (χ4v) is 3.05. The zero-order valence-corrected chi connectivity index (χ0v) is 12.1. The average Bonchev–Trinajstić information content (AvgIpc) is 2.73. The van der Waals surface area contributed by atoms with E-state index in [-0.39, 0.29) is 11.4 Å². The predicted octanol–water partition coefficient (Wildman–Crippen LogP) is 2.83. The van der Waals surface area contributed by atoms with Crippen LogP contribution in [-0.4, -0.2) is 8.42 Å². The van der Waals surface area contributed by atoms with Gasteiger partial charge in [-0.2, -0.15) is 0 Å². The van der Waals surface area contributed by atoms with E-state index in [1.165, 1.54) is 0 Å². The summed E-state index contributed by atoms with van der Waals surface area (Å²) in [5, 5.41) is 0. The van der Waals surface area contributed by atoms with E-state index in [0.29, 0.717) is 5.76 Å². The molecule has 0 atom stereocenters. The Kier molecular flexibility index (Phi) is 3.89. The van der Waals surface area contributed by atoms with Crippen molar-refractivity contribution < 1.29 is 12.8 Å². The van der Waals surface area contributed by atoms with E-state index < -0.39 is 10.0 Å². The maximum Gasteiger partial charge on any atom is 0.241 e. The van der Waals surface area contributed by atoms with Crippen LogP contribution in [0.1, 0.15) is 11.5 Å². The molecule has 0 aliphatic rings. The molecule has 1 aromatic heterocycles. The van der Waals surface area contributed by atoms with E-state index in [2.05, 4.69) is 20.7 Å². The van der Waals surface area contributed by atoms with Gasteiger partial charge in [-0.25, -0.2) is 13.1 Å². The smallest absolute Gasteiger partial charge is 0.241 e. The Morgan fingerprint density at radius 1 is 1.28 bits per heavy atom. The van der Waals surface area contributed by atoms with E-state index in [1.807, 2.05) is 6.92 Å². The number of aryl methyl sites for hydroxylation is 1. The van der Waals surface area contributed by atoms with Crippen LogP contribution in [0, 0.1) is 6.92 Å². The molecule has 96 valence electrons. The number of hydrogen-bond acceptors (Lipinski definition) is 3. The summed E-state index contributed by atoms with van der Waals surface area (Å²) in [6, 6.07) is 10.1. The second-order valence-electron chi connectivity index (χ2n) is 3.79. The quantitative estimate of drug-likeness (QED) is 0.938. The normalized spacial score (nSPS) is 11.7. The van der Waals surface area contributed by atoms with E-state index in [0.717, 1.165) is 10.2 Å². The minimum absolute atomic E-state index is 0.142. The maximum absolute atomic E-state index is 12.0. The van der Waals surface area contributed by atoms with Crippen LogP contribution in [0.2, 0.25) is 0 Å². The van der Waals surface area contributed by atoms with Gasteiger partial charge in [0, 0.05) is 4.47 Å². The van der Waals surface area contributed by atoms with Crippen molar-refractivity contribution in [2.75, 3.05) is 0 Å². The van der Waals surface area contributed by atoms with Gasteiger partial charge in [0.2, 0.25) is 10.0 Å². The number of sulfonamides is 1. The third kappa shape index (κ3) is 3.22. The first-order valence-corrected chi connectivity index (χ1v) is 7.55. The number of hydrogen-bond donors (Lipinski definition) is 1. The van der Waals surface area contributed by atoms with E-state index in [1.54, 1.807) is 36.4 Å². The molecule has 0 amide bonds. The van der Waals surface area contributed by atoms with Crippen LogP contribution in [-0.2, 0) is 16.6 Å². The van der Waals surface area contributed by atoms with Gasteiger partial charge < -0.3 is 4.42 Å². The summed E-state index contributed by atoms with van der Waals surface area (Å²) in [4.78, 5) is 0.222. The van der Waals surface area contributed by atoms with Crippen LogP contribution in [0.4, 0.5) is 0 Å². The second-order valence-corrected chi connectivity index (χ2v) is 6.48. The summed E-state index contributed by atoms with van der Waals surface area (Å²) in [5.41, 5.74) is 0. The van der Waals surface area contributed by atoms with Crippen LogP contribution < -0.4 is 4.72 Å². The molecule has 0 saturated heterocycles. The molecule has 0 unspecified atom stereocenters. The highest BCUT2D eigenvalue weighted by Gasteiger charge is 2.14. The average molecular weight is 330 g/mol. The van der Waals surface area contributed by atoms with Crippen LogP contribution >= 0.6 is 15.9 Å². The molecule has 0 aliphatic carbocycles. The topological polar surface area (TPSA) is 59.3 Å². The largest absolute Gasteiger partial charge is 0.465 e. The van der Waals surface area contributed by atoms with E-state index in [9.17, 15) is 8.42 Å². The highest BCUT2D eigenvalue weighted by atomic mass is 79.9. The van der Waals surface area contributed by atoms with Crippen LogP contribution in [0.5, 0.6) is 0 Å². The van der Waals surface area contributed by atoms with Gasteiger partial charge in [-0.15, -0.1) is 0 Å². The van der Waals surface area contributed by atoms with Crippen molar-refractivity contribution in [2.24, 2.45) is 0 Å². The molecule has 2 rings (SSSR count). The van der Waals surface area contributed by atoms with Gasteiger partial charge in [0.25, 0.3) is 0 Å². The molecular formula is C12H12BrNO3S. The SMILES string of the molecule is Cc1ccc(CNS(=O)(=O)c2cccc(Br)c2)o1. The molecule has 0 spiro atoms. The van der Waals surface area contributed by atoms with Gasteiger partial charge in [0.1, 0.15) is 11.5 Å². The monoisotopic (exact) mass is 329 g/mol. The van der Waals surface area contributed by atoms with Crippen LogP contribution in [0.3, 0.4) is 0 Å². The summed E-state index contributed by atoms with van der Waals surface area (Å²) in [6.45, 7) is 1.95. The molecule has 6 heteroatoms. The lowest BCUT2D eigenvalue weighted by Gasteiger charge is -2.05. The first kappa shape index (κ1) is 13.3. The summed E-state index contributed by atoms with van der Waals surface area (Å²) in [5.74, 6) is 1.35. The lowest BCUT2D eigenvalue weighted by atomic mass is 10.4.